The summed E-state index contributed by atoms with van der Waals surface area (Å²) in [6, 6.07) is 34.8. The van der Waals surface area contributed by atoms with Crippen molar-refractivity contribution in [3.63, 3.8) is 0 Å². The Morgan fingerprint density at radius 2 is 0.500 bits per heavy atom. The van der Waals surface area contributed by atoms with Crippen LogP contribution in [0.3, 0.4) is 0 Å². The third-order valence-corrected chi connectivity index (χ3v) is 8.38. The fourth-order valence-electron chi connectivity index (χ4n) is 6.28. The van der Waals surface area contributed by atoms with Crippen molar-refractivity contribution < 1.29 is 20.4 Å². The Labute approximate surface area is 264 Å². The first-order valence-corrected chi connectivity index (χ1v) is 16.1. The average molecular weight is 595 g/mol. The van der Waals surface area contributed by atoms with Crippen LogP contribution in [0.15, 0.2) is 97.1 Å². The van der Waals surface area contributed by atoms with Crippen molar-refractivity contribution >= 4 is 0 Å². The molecule has 0 bridgehead atoms. The van der Waals surface area contributed by atoms with Gasteiger partial charge in [-0.25, -0.2) is 0 Å². The maximum atomic E-state index is 9.96. The van der Waals surface area contributed by atoms with Crippen LogP contribution in [0.1, 0.15) is 84.0 Å². The van der Waals surface area contributed by atoms with E-state index >= 15 is 0 Å². The quantitative estimate of drug-likeness (QED) is 0.123. The van der Waals surface area contributed by atoms with E-state index in [4.69, 9.17) is 0 Å². The Morgan fingerprint density at radius 3 is 0.705 bits per heavy atom. The van der Waals surface area contributed by atoms with Gasteiger partial charge in [-0.05, 0) is 123 Å². The van der Waals surface area contributed by atoms with Gasteiger partial charge in [0.1, 0.15) is 0 Å². The van der Waals surface area contributed by atoms with Gasteiger partial charge < -0.3 is 20.4 Å². The summed E-state index contributed by atoms with van der Waals surface area (Å²) in [7, 11) is 0. The predicted octanol–water partition coefficient (Wildman–Crippen LogP) is 6.73. The summed E-state index contributed by atoms with van der Waals surface area (Å²) in [5.74, 6) is 0.357. The van der Waals surface area contributed by atoms with Crippen LogP contribution in [0, 0.1) is 0 Å². The van der Waals surface area contributed by atoms with Crippen LogP contribution in [0.5, 0.6) is 0 Å². The molecule has 4 N–H and O–H groups in total. The van der Waals surface area contributed by atoms with Gasteiger partial charge in [0.25, 0.3) is 0 Å². The summed E-state index contributed by atoms with van der Waals surface area (Å²) in [6.07, 6.45) is 2.72. The third-order valence-electron chi connectivity index (χ3n) is 8.38. The molecule has 0 aromatic heterocycles. The fraction of sp³-hybridized carbons (Fsp3) is 0.400. The van der Waals surface area contributed by atoms with Crippen molar-refractivity contribution in [3.05, 3.63) is 142 Å². The van der Waals surface area contributed by atoms with E-state index in [-0.39, 0.29) is 36.3 Å². The van der Waals surface area contributed by atoms with Gasteiger partial charge >= 0.3 is 0 Å². The summed E-state index contributed by atoms with van der Waals surface area (Å²) in [5.41, 5.74) is 9.53. The monoisotopic (exact) mass is 594 g/mol. The zero-order valence-corrected chi connectivity index (χ0v) is 26.7. The molecule has 0 spiro atoms. The van der Waals surface area contributed by atoms with Gasteiger partial charge in [-0.15, -0.1) is 0 Å². The molecule has 234 valence electrons. The first-order valence-electron chi connectivity index (χ1n) is 16.1. The molecule has 4 rings (SSSR count). The van der Waals surface area contributed by atoms with Crippen LogP contribution in [-0.4, -0.2) is 44.8 Å². The first-order chi connectivity index (χ1) is 21.0. The molecule has 0 saturated carbocycles. The summed E-state index contributed by atoms with van der Waals surface area (Å²) in [5, 5.41) is 39.7. The van der Waals surface area contributed by atoms with Gasteiger partial charge in [0.05, 0.1) is 24.4 Å². The molecule has 0 amide bonds. The van der Waals surface area contributed by atoms with Crippen molar-refractivity contribution in [2.24, 2.45) is 0 Å². The molecule has 4 aromatic carbocycles. The number of aliphatic hydroxyl groups is 4. The fourth-order valence-corrected chi connectivity index (χ4v) is 6.28. The van der Waals surface area contributed by atoms with E-state index in [0.717, 1.165) is 35.1 Å². The van der Waals surface area contributed by atoms with Crippen molar-refractivity contribution in [2.45, 2.75) is 102 Å². The highest BCUT2D eigenvalue weighted by Crippen LogP contribution is 2.39. The second-order valence-electron chi connectivity index (χ2n) is 12.9. The predicted molar refractivity (Wildman–Crippen MR) is 180 cm³/mol. The minimum atomic E-state index is -0.388. The van der Waals surface area contributed by atoms with E-state index < -0.39 is 0 Å². The molecule has 0 saturated heterocycles. The van der Waals surface area contributed by atoms with Crippen molar-refractivity contribution in [2.75, 3.05) is 0 Å². The van der Waals surface area contributed by atoms with E-state index in [2.05, 4.69) is 97.1 Å². The number of aliphatic hydroxyl groups excluding tert-OH is 4. The third kappa shape index (κ3) is 10.4. The van der Waals surface area contributed by atoms with Crippen LogP contribution in [0.4, 0.5) is 0 Å². The molecular formula is C40H50O4. The summed E-state index contributed by atoms with van der Waals surface area (Å²) < 4.78 is 0. The maximum Gasteiger partial charge on any atom is 0.0552 e. The second kappa shape index (κ2) is 16.2. The summed E-state index contributed by atoms with van der Waals surface area (Å²) in [6.45, 7) is 7.28. The van der Waals surface area contributed by atoms with Crippen molar-refractivity contribution in [3.8, 4) is 0 Å². The molecule has 0 aliphatic heterocycles. The standard InChI is InChI=1S/C40H50O4/c1-27(41)21-31-5-9-35(10-6-31)25-39(37-17-13-33(14-18-37)23-29(3)43)40(38-19-15-34(16-20-38)24-30(4)44)26-36-11-7-32(8-12-36)22-28(2)42/h5-20,27-30,39-44H,21-26H2,1-4H3. The molecule has 0 radical (unpaired) electrons. The molecule has 0 heterocycles. The second-order valence-corrected chi connectivity index (χ2v) is 12.9. The molecule has 4 aromatic rings. The molecule has 6 unspecified atom stereocenters. The smallest absolute Gasteiger partial charge is 0.0552 e. The lowest BCUT2D eigenvalue weighted by Gasteiger charge is -2.29. The molecule has 4 nitrogen and oxygen atoms in total. The lowest BCUT2D eigenvalue weighted by atomic mass is 9.74. The topological polar surface area (TPSA) is 80.9 Å². The van der Waals surface area contributed by atoms with Gasteiger partial charge in [-0.3, -0.25) is 0 Å². The number of hydrogen-bond acceptors (Lipinski definition) is 4. The van der Waals surface area contributed by atoms with Crippen molar-refractivity contribution in [1.29, 1.82) is 0 Å². The summed E-state index contributed by atoms with van der Waals surface area (Å²) >= 11 is 0. The van der Waals surface area contributed by atoms with E-state index in [1.54, 1.807) is 0 Å². The van der Waals surface area contributed by atoms with E-state index in [9.17, 15) is 20.4 Å². The van der Waals surface area contributed by atoms with E-state index in [1.165, 1.54) is 22.3 Å². The van der Waals surface area contributed by atoms with Gasteiger partial charge in [0, 0.05) is 0 Å². The largest absolute Gasteiger partial charge is 0.393 e. The zero-order valence-electron chi connectivity index (χ0n) is 26.7. The van der Waals surface area contributed by atoms with Crippen LogP contribution < -0.4 is 0 Å². The maximum absolute atomic E-state index is 9.96. The zero-order chi connectivity index (χ0) is 31.6. The first kappa shape index (κ1) is 33.6. The van der Waals surface area contributed by atoms with Crippen LogP contribution >= 0.6 is 0 Å². The molecular weight excluding hydrogens is 544 g/mol. The van der Waals surface area contributed by atoms with Crippen LogP contribution in [-0.2, 0) is 38.5 Å². The van der Waals surface area contributed by atoms with Gasteiger partial charge in [0.2, 0.25) is 0 Å². The Hall–Kier alpha value is -3.28. The molecule has 0 aliphatic carbocycles. The van der Waals surface area contributed by atoms with Crippen LogP contribution in [0.25, 0.3) is 0 Å². The van der Waals surface area contributed by atoms with Gasteiger partial charge in [-0.2, -0.15) is 0 Å². The minimum absolute atomic E-state index is 0.179. The molecule has 4 heteroatoms. The van der Waals surface area contributed by atoms with Gasteiger partial charge in [0.15, 0.2) is 0 Å². The Kier molecular flexibility index (Phi) is 12.3. The van der Waals surface area contributed by atoms with Crippen LogP contribution in [0.2, 0.25) is 0 Å². The average Bonchev–Trinajstić information content (AvgIpc) is 2.96. The number of rotatable bonds is 15. The van der Waals surface area contributed by atoms with E-state index in [0.29, 0.717) is 25.7 Å². The molecule has 6 atom stereocenters. The Morgan fingerprint density at radius 1 is 0.318 bits per heavy atom. The SMILES string of the molecule is CC(O)Cc1ccc(CC(c2ccc(CC(C)O)cc2)C(Cc2ccc(CC(C)O)cc2)c2ccc(CC(C)O)cc2)cc1. The molecule has 44 heavy (non-hydrogen) atoms. The Balaban J connectivity index is 1.74. The summed E-state index contributed by atoms with van der Waals surface area (Å²) in [4.78, 5) is 0. The lowest BCUT2D eigenvalue weighted by molar-refractivity contribution is 0.195. The highest BCUT2D eigenvalue weighted by atomic mass is 16.3. The van der Waals surface area contributed by atoms with Crippen molar-refractivity contribution in [1.82, 2.24) is 0 Å². The molecule has 0 aliphatic rings. The molecule has 0 fully saturated rings. The van der Waals surface area contributed by atoms with E-state index in [1.807, 2.05) is 27.7 Å². The lowest BCUT2D eigenvalue weighted by Crippen LogP contribution is -2.17. The Bertz CT molecular complexity index is 1280. The minimum Gasteiger partial charge on any atom is -0.393 e. The normalized spacial score (nSPS) is 15.7. The number of benzene rings is 4. The highest BCUT2D eigenvalue weighted by molar-refractivity contribution is 5.37. The van der Waals surface area contributed by atoms with Gasteiger partial charge in [-0.1, -0.05) is 97.1 Å². The number of hydrogen-bond donors (Lipinski definition) is 4. The highest BCUT2D eigenvalue weighted by Gasteiger charge is 2.26.